The Balaban J connectivity index is 1.47. The summed E-state index contributed by atoms with van der Waals surface area (Å²) in [6.07, 6.45) is 0.386. The van der Waals surface area contributed by atoms with Crippen molar-refractivity contribution in [3.8, 4) is 5.75 Å². The van der Waals surface area contributed by atoms with Crippen molar-refractivity contribution in [1.82, 2.24) is 10.9 Å². The number of piperidine rings is 1. The number of para-hydroxylation sites is 2. The minimum absolute atomic E-state index is 0.0858. The van der Waals surface area contributed by atoms with Crippen molar-refractivity contribution < 1.29 is 23.8 Å². The molecular formula is C28H29N3O5. The maximum Gasteiger partial charge on any atom is 0.331 e. The molecule has 2 saturated heterocycles. The average molecular weight is 488 g/mol. The highest BCUT2D eigenvalue weighted by atomic mass is 16.5. The fourth-order valence-corrected chi connectivity index (χ4v) is 4.96. The van der Waals surface area contributed by atoms with Crippen molar-refractivity contribution in [2.75, 3.05) is 18.6 Å². The van der Waals surface area contributed by atoms with Gasteiger partial charge in [-0.2, -0.15) is 0 Å². The van der Waals surface area contributed by atoms with Crippen molar-refractivity contribution >= 4 is 17.6 Å². The van der Waals surface area contributed by atoms with E-state index in [1.165, 1.54) is 0 Å². The van der Waals surface area contributed by atoms with E-state index in [1.54, 1.807) is 7.11 Å². The highest BCUT2D eigenvalue weighted by Gasteiger charge is 2.62. The molecule has 3 atom stereocenters. The number of carbonyl (C=O) groups excluding carboxylic acids is 2. The van der Waals surface area contributed by atoms with Crippen LogP contribution >= 0.6 is 0 Å². The van der Waals surface area contributed by atoms with Crippen molar-refractivity contribution in [3.63, 3.8) is 0 Å². The highest BCUT2D eigenvalue weighted by molar-refractivity contribution is 5.95. The van der Waals surface area contributed by atoms with E-state index in [2.05, 4.69) is 10.9 Å². The summed E-state index contributed by atoms with van der Waals surface area (Å²) in [6, 6.07) is 25.3. The van der Waals surface area contributed by atoms with Gasteiger partial charge in [-0.3, -0.25) is 5.43 Å². The highest BCUT2D eigenvalue weighted by Crippen LogP contribution is 2.40. The Hall–Kier alpha value is -3.88. The van der Waals surface area contributed by atoms with Gasteiger partial charge in [0, 0.05) is 12.6 Å². The van der Waals surface area contributed by atoms with E-state index in [0.717, 1.165) is 11.1 Å². The summed E-state index contributed by atoms with van der Waals surface area (Å²) >= 11 is 0. The zero-order valence-corrected chi connectivity index (χ0v) is 20.1. The van der Waals surface area contributed by atoms with E-state index in [-0.39, 0.29) is 19.3 Å². The Labute approximate surface area is 210 Å². The average Bonchev–Trinajstić information content (AvgIpc) is 3.28. The van der Waals surface area contributed by atoms with Crippen LogP contribution in [-0.4, -0.2) is 43.2 Å². The molecule has 0 amide bonds. The Kier molecular flexibility index (Phi) is 6.88. The molecule has 0 radical (unpaired) electrons. The van der Waals surface area contributed by atoms with Gasteiger partial charge in [0.25, 0.3) is 0 Å². The quantitative estimate of drug-likeness (QED) is 0.469. The third-order valence-corrected chi connectivity index (χ3v) is 6.68. The molecule has 3 unspecified atom stereocenters. The summed E-state index contributed by atoms with van der Waals surface area (Å²) in [4.78, 5) is 29.3. The number of methoxy groups -OCH3 is 1. The zero-order chi connectivity index (χ0) is 25.0. The number of nitrogens with one attached hydrogen (secondary N) is 2. The van der Waals surface area contributed by atoms with Crippen LogP contribution in [0.3, 0.4) is 0 Å². The summed E-state index contributed by atoms with van der Waals surface area (Å²) < 4.78 is 17.1. The van der Waals surface area contributed by atoms with E-state index < -0.39 is 23.5 Å². The van der Waals surface area contributed by atoms with Crippen LogP contribution in [0.2, 0.25) is 0 Å². The van der Waals surface area contributed by atoms with Crippen LogP contribution in [0.5, 0.6) is 5.75 Å². The van der Waals surface area contributed by atoms with Gasteiger partial charge in [0.05, 0.1) is 12.8 Å². The number of nitrogens with zero attached hydrogens (tertiary/aromatic N) is 1. The van der Waals surface area contributed by atoms with Gasteiger partial charge in [-0.15, -0.1) is 0 Å². The van der Waals surface area contributed by atoms with Crippen molar-refractivity contribution in [2.24, 2.45) is 0 Å². The van der Waals surface area contributed by atoms with Crippen LogP contribution < -0.4 is 20.5 Å². The Morgan fingerprint density at radius 1 is 0.889 bits per heavy atom. The largest absolute Gasteiger partial charge is 0.495 e. The smallest absolute Gasteiger partial charge is 0.331 e. The van der Waals surface area contributed by atoms with E-state index >= 15 is 0 Å². The zero-order valence-electron chi connectivity index (χ0n) is 20.1. The number of hydrogen-bond acceptors (Lipinski definition) is 8. The minimum Gasteiger partial charge on any atom is -0.495 e. The molecule has 2 N–H and O–H groups in total. The second-order valence-electron chi connectivity index (χ2n) is 9.02. The predicted octanol–water partition coefficient (Wildman–Crippen LogP) is 2.98. The molecule has 2 fully saturated rings. The lowest BCUT2D eigenvalue weighted by molar-refractivity contribution is -0.162. The summed E-state index contributed by atoms with van der Waals surface area (Å²) in [5, 5.41) is 0. The number of carbonyl (C=O) groups is 2. The first-order valence-corrected chi connectivity index (χ1v) is 11.9. The van der Waals surface area contributed by atoms with Gasteiger partial charge in [0.2, 0.25) is 0 Å². The van der Waals surface area contributed by atoms with Crippen LogP contribution in [0.25, 0.3) is 0 Å². The molecule has 5 rings (SSSR count). The minimum atomic E-state index is -1.34. The fourth-order valence-electron chi connectivity index (χ4n) is 4.96. The molecule has 2 aliphatic rings. The molecule has 2 bridgehead atoms. The first-order chi connectivity index (χ1) is 17.6. The van der Waals surface area contributed by atoms with Gasteiger partial charge in [-0.25, -0.2) is 15.0 Å². The fraction of sp³-hybridized carbons (Fsp3) is 0.286. The van der Waals surface area contributed by atoms with Crippen LogP contribution in [0.4, 0.5) is 5.69 Å². The second-order valence-corrected chi connectivity index (χ2v) is 9.02. The molecule has 2 heterocycles. The van der Waals surface area contributed by atoms with E-state index in [9.17, 15) is 9.59 Å². The lowest BCUT2D eigenvalue weighted by Crippen LogP contribution is -2.69. The molecule has 36 heavy (non-hydrogen) atoms. The van der Waals surface area contributed by atoms with Gasteiger partial charge < -0.3 is 19.1 Å². The van der Waals surface area contributed by atoms with E-state index in [1.807, 2.05) is 89.8 Å². The Morgan fingerprint density at radius 3 is 2.17 bits per heavy atom. The lowest BCUT2D eigenvalue weighted by Gasteiger charge is -2.44. The second kappa shape index (κ2) is 10.4. The molecule has 0 spiro atoms. The van der Waals surface area contributed by atoms with Crippen LogP contribution in [-0.2, 0) is 32.3 Å². The van der Waals surface area contributed by atoms with E-state index in [4.69, 9.17) is 14.2 Å². The molecule has 0 saturated carbocycles. The SMILES string of the molecule is COc1ccccc1N1CC2CC(C(=O)OCc3ccccc3)(NN2)C1C(=O)OCc1ccccc1. The number of hydrazine groups is 1. The van der Waals surface area contributed by atoms with Crippen molar-refractivity contribution in [2.45, 2.75) is 37.3 Å². The molecule has 0 aliphatic carbocycles. The van der Waals surface area contributed by atoms with Gasteiger partial charge in [-0.05, 0) is 29.7 Å². The molecule has 0 aromatic heterocycles. The summed E-state index contributed by atoms with van der Waals surface area (Å²) in [5.41, 5.74) is 7.41. The first kappa shape index (κ1) is 23.8. The molecular weight excluding hydrogens is 458 g/mol. The normalized spacial score (nSPS) is 22.6. The third kappa shape index (κ3) is 4.65. The number of benzene rings is 3. The summed E-state index contributed by atoms with van der Waals surface area (Å²) in [7, 11) is 1.58. The number of rotatable bonds is 8. The molecule has 8 nitrogen and oxygen atoms in total. The maximum absolute atomic E-state index is 13.7. The number of fused-ring (bicyclic) bond motifs is 2. The number of hydrogen-bond donors (Lipinski definition) is 2. The molecule has 3 aromatic carbocycles. The van der Waals surface area contributed by atoms with Gasteiger partial charge in [0.1, 0.15) is 19.0 Å². The molecule has 2 aliphatic heterocycles. The van der Waals surface area contributed by atoms with Crippen LogP contribution in [0, 0.1) is 0 Å². The topological polar surface area (TPSA) is 89.1 Å². The summed E-state index contributed by atoms with van der Waals surface area (Å²) in [6.45, 7) is 0.683. The Bertz CT molecular complexity index is 1210. The number of esters is 2. The number of ether oxygens (including phenoxy) is 3. The van der Waals surface area contributed by atoms with Crippen LogP contribution in [0.15, 0.2) is 84.9 Å². The maximum atomic E-state index is 13.7. The van der Waals surface area contributed by atoms with E-state index in [0.29, 0.717) is 24.4 Å². The number of anilines is 1. The van der Waals surface area contributed by atoms with Crippen molar-refractivity contribution in [1.29, 1.82) is 0 Å². The predicted molar refractivity (Wildman–Crippen MR) is 134 cm³/mol. The Morgan fingerprint density at radius 2 is 1.50 bits per heavy atom. The van der Waals surface area contributed by atoms with Crippen LogP contribution in [0.1, 0.15) is 17.5 Å². The standard InChI is InChI=1S/C28H29N3O5/c1-34-24-15-9-8-14-23(24)31-17-22-16-28(30-29-22,27(33)36-19-21-12-6-3-7-13-21)25(31)26(32)35-18-20-10-4-2-5-11-20/h2-15,22,25,29-30H,16-19H2,1H3. The lowest BCUT2D eigenvalue weighted by atomic mass is 9.80. The third-order valence-electron chi connectivity index (χ3n) is 6.68. The van der Waals surface area contributed by atoms with Gasteiger partial charge >= 0.3 is 11.9 Å². The van der Waals surface area contributed by atoms with Gasteiger partial charge in [0.15, 0.2) is 11.6 Å². The van der Waals surface area contributed by atoms with Crippen molar-refractivity contribution in [3.05, 3.63) is 96.1 Å². The molecule has 8 heteroatoms. The summed E-state index contributed by atoms with van der Waals surface area (Å²) in [5.74, 6) is -0.425. The monoisotopic (exact) mass is 487 g/mol. The molecule has 3 aromatic rings. The first-order valence-electron chi connectivity index (χ1n) is 11.9. The van der Waals surface area contributed by atoms with Gasteiger partial charge in [-0.1, -0.05) is 72.8 Å². The molecule has 186 valence electrons.